The van der Waals surface area contributed by atoms with Gasteiger partial charge in [-0.15, -0.1) is 0 Å². The maximum Gasteiger partial charge on any atom is 0.205 e. The van der Waals surface area contributed by atoms with E-state index in [0.717, 1.165) is 11.1 Å². The van der Waals surface area contributed by atoms with E-state index in [1.807, 2.05) is 18.2 Å². The average molecular weight is 345 g/mol. The van der Waals surface area contributed by atoms with Crippen LogP contribution in [-0.4, -0.2) is 0 Å². The first kappa shape index (κ1) is 13.7. The maximum atomic E-state index is 13.4. The highest BCUT2D eigenvalue weighted by Gasteiger charge is 2.30. The minimum absolute atomic E-state index is 0.0849. The van der Waals surface area contributed by atoms with Crippen molar-refractivity contribution in [1.82, 2.24) is 0 Å². The summed E-state index contributed by atoms with van der Waals surface area (Å²) in [5.74, 6) is -0.0208. The Labute approximate surface area is 129 Å². The zero-order valence-corrected chi connectivity index (χ0v) is 12.4. The molecule has 2 aromatic rings. The number of hydrogen-bond acceptors (Lipinski definition) is 3. The van der Waals surface area contributed by atoms with Crippen molar-refractivity contribution in [3.8, 4) is 11.8 Å². The molecule has 0 unspecified atom stereocenters. The minimum atomic E-state index is -0.364. The van der Waals surface area contributed by atoms with Crippen molar-refractivity contribution in [3.05, 3.63) is 75.3 Å². The number of fused-ring (bicyclic) bond motifs is 1. The number of nitriles is 1. The summed E-state index contributed by atoms with van der Waals surface area (Å²) in [7, 11) is 0. The van der Waals surface area contributed by atoms with Crippen molar-refractivity contribution < 1.29 is 9.13 Å². The molecular formula is C16H10BrFN2O. The first-order valence-electron chi connectivity index (χ1n) is 6.23. The van der Waals surface area contributed by atoms with Gasteiger partial charge >= 0.3 is 0 Å². The van der Waals surface area contributed by atoms with E-state index in [1.165, 1.54) is 6.07 Å². The second-order valence-electron chi connectivity index (χ2n) is 4.64. The Morgan fingerprint density at radius 2 is 2.00 bits per heavy atom. The Kier molecular flexibility index (Phi) is 3.40. The number of hydrogen-bond donors (Lipinski definition) is 1. The Bertz CT molecular complexity index is 795. The summed E-state index contributed by atoms with van der Waals surface area (Å²) >= 11 is 3.17. The molecule has 5 heteroatoms. The summed E-state index contributed by atoms with van der Waals surface area (Å²) in [6.07, 6.45) is 0. The number of benzene rings is 2. The second-order valence-corrected chi connectivity index (χ2v) is 5.49. The molecule has 104 valence electrons. The van der Waals surface area contributed by atoms with Gasteiger partial charge in [-0.1, -0.05) is 24.3 Å². The fraction of sp³-hybridized carbons (Fsp3) is 0.0625. The molecule has 0 fully saturated rings. The fourth-order valence-electron chi connectivity index (χ4n) is 2.44. The molecule has 2 aromatic carbocycles. The van der Waals surface area contributed by atoms with Crippen LogP contribution in [0.1, 0.15) is 17.0 Å². The Balaban J connectivity index is 2.23. The smallest absolute Gasteiger partial charge is 0.205 e. The number of allylic oxidation sites excluding steroid dienone is 1. The number of nitrogens with zero attached hydrogens (tertiary/aromatic N) is 1. The van der Waals surface area contributed by atoms with Gasteiger partial charge in [-0.3, -0.25) is 0 Å². The minimum Gasteiger partial charge on any atom is -0.440 e. The van der Waals surface area contributed by atoms with Crippen LogP contribution in [0.3, 0.4) is 0 Å². The van der Waals surface area contributed by atoms with Crippen LogP contribution in [0.5, 0.6) is 5.75 Å². The summed E-state index contributed by atoms with van der Waals surface area (Å²) < 4.78 is 19.3. The van der Waals surface area contributed by atoms with Crippen molar-refractivity contribution in [2.75, 3.05) is 0 Å². The zero-order chi connectivity index (χ0) is 15.0. The standard InChI is InChI=1S/C16H10BrFN2O/c17-12-7-9(5-6-13(12)18)15-10-3-1-2-4-14(10)21-16(20)11(15)8-19/h1-7,15H,20H2/t15-/m0/s1. The topological polar surface area (TPSA) is 59.0 Å². The van der Waals surface area contributed by atoms with E-state index in [4.69, 9.17) is 10.5 Å². The van der Waals surface area contributed by atoms with Crippen LogP contribution in [0.15, 0.2) is 58.4 Å². The number of para-hydroxylation sites is 1. The highest BCUT2D eigenvalue weighted by molar-refractivity contribution is 9.10. The maximum absolute atomic E-state index is 13.4. The van der Waals surface area contributed by atoms with E-state index >= 15 is 0 Å². The molecule has 1 aliphatic rings. The second kappa shape index (κ2) is 5.23. The van der Waals surface area contributed by atoms with Crippen LogP contribution in [0.2, 0.25) is 0 Å². The van der Waals surface area contributed by atoms with Gasteiger partial charge in [-0.25, -0.2) is 4.39 Å². The third-order valence-corrected chi connectivity index (χ3v) is 4.01. The molecule has 0 saturated heterocycles. The Morgan fingerprint density at radius 1 is 1.24 bits per heavy atom. The largest absolute Gasteiger partial charge is 0.440 e. The van der Waals surface area contributed by atoms with Crippen LogP contribution in [-0.2, 0) is 0 Å². The first-order chi connectivity index (χ1) is 10.1. The van der Waals surface area contributed by atoms with Crippen molar-refractivity contribution >= 4 is 15.9 Å². The molecule has 2 N–H and O–H groups in total. The van der Waals surface area contributed by atoms with Crippen LogP contribution in [0.25, 0.3) is 0 Å². The van der Waals surface area contributed by atoms with Crippen molar-refractivity contribution in [1.29, 1.82) is 5.26 Å². The molecule has 0 radical (unpaired) electrons. The lowest BCUT2D eigenvalue weighted by Crippen LogP contribution is -2.21. The van der Waals surface area contributed by atoms with Crippen LogP contribution < -0.4 is 10.5 Å². The molecule has 3 nitrogen and oxygen atoms in total. The van der Waals surface area contributed by atoms with Gasteiger partial charge in [0.05, 0.1) is 10.4 Å². The Hall–Kier alpha value is -2.32. The molecule has 0 bridgehead atoms. The predicted molar refractivity (Wildman–Crippen MR) is 79.8 cm³/mol. The molecule has 3 rings (SSSR count). The summed E-state index contributed by atoms with van der Waals surface area (Å²) in [5, 5.41) is 9.39. The predicted octanol–water partition coefficient (Wildman–Crippen LogP) is 3.81. The Morgan fingerprint density at radius 3 is 2.71 bits per heavy atom. The van der Waals surface area contributed by atoms with Gasteiger partial charge in [-0.05, 0) is 39.7 Å². The lowest BCUT2D eigenvalue weighted by atomic mass is 9.83. The van der Waals surface area contributed by atoms with E-state index in [0.29, 0.717) is 15.8 Å². The first-order valence-corrected chi connectivity index (χ1v) is 7.02. The molecule has 0 aliphatic carbocycles. The number of halogens is 2. The number of nitrogens with two attached hydrogens (primary N) is 1. The van der Waals surface area contributed by atoms with E-state index in [9.17, 15) is 9.65 Å². The highest BCUT2D eigenvalue weighted by Crippen LogP contribution is 2.42. The molecule has 0 saturated carbocycles. The number of ether oxygens (including phenoxy) is 1. The monoisotopic (exact) mass is 344 g/mol. The third kappa shape index (κ3) is 2.28. The third-order valence-electron chi connectivity index (χ3n) is 3.40. The van der Waals surface area contributed by atoms with Crippen LogP contribution in [0, 0.1) is 17.1 Å². The zero-order valence-electron chi connectivity index (χ0n) is 10.8. The van der Waals surface area contributed by atoms with E-state index < -0.39 is 0 Å². The molecule has 0 aromatic heterocycles. The highest BCUT2D eigenvalue weighted by atomic mass is 79.9. The van der Waals surface area contributed by atoms with Gasteiger partial charge in [0.2, 0.25) is 5.88 Å². The van der Waals surface area contributed by atoms with Crippen molar-refractivity contribution in [2.24, 2.45) is 5.73 Å². The van der Waals surface area contributed by atoms with Gasteiger partial charge in [0.1, 0.15) is 23.2 Å². The SMILES string of the molecule is N#CC1=C(N)Oc2ccccc2[C@@H]1c1ccc(F)c(Br)c1. The summed E-state index contributed by atoms with van der Waals surface area (Å²) in [5.41, 5.74) is 7.79. The van der Waals surface area contributed by atoms with Crippen molar-refractivity contribution in [3.63, 3.8) is 0 Å². The van der Waals surface area contributed by atoms with Gasteiger partial charge in [-0.2, -0.15) is 5.26 Å². The fourth-order valence-corrected chi connectivity index (χ4v) is 2.84. The number of rotatable bonds is 1. The van der Waals surface area contributed by atoms with Gasteiger partial charge in [0.15, 0.2) is 0 Å². The van der Waals surface area contributed by atoms with Gasteiger partial charge in [0.25, 0.3) is 0 Å². The molecule has 21 heavy (non-hydrogen) atoms. The van der Waals surface area contributed by atoms with E-state index in [1.54, 1.807) is 18.2 Å². The quantitative estimate of drug-likeness (QED) is 0.855. The molecule has 0 spiro atoms. The summed E-state index contributed by atoms with van der Waals surface area (Å²) in [6.45, 7) is 0. The van der Waals surface area contributed by atoms with Crippen molar-refractivity contribution in [2.45, 2.75) is 5.92 Å². The van der Waals surface area contributed by atoms with E-state index in [2.05, 4.69) is 22.0 Å². The lowest BCUT2D eigenvalue weighted by Gasteiger charge is -2.26. The summed E-state index contributed by atoms with van der Waals surface area (Å²) in [6, 6.07) is 14.1. The van der Waals surface area contributed by atoms with Gasteiger partial charge in [0, 0.05) is 5.56 Å². The van der Waals surface area contributed by atoms with Gasteiger partial charge < -0.3 is 10.5 Å². The molecule has 1 aliphatic heterocycles. The summed E-state index contributed by atoms with van der Waals surface area (Å²) in [4.78, 5) is 0. The molecular weight excluding hydrogens is 335 g/mol. The molecule has 0 amide bonds. The van der Waals surface area contributed by atoms with E-state index in [-0.39, 0.29) is 17.6 Å². The lowest BCUT2D eigenvalue weighted by molar-refractivity contribution is 0.393. The average Bonchev–Trinajstić information content (AvgIpc) is 2.48. The van der Waals surface area contributed by atoms with Crippen LogP contribution >= 0.6 is 15.9 Å². The molecule has 1 heterocycles. The molecule has 1 atom stereocenters. The normalized spacial score (nSPS) is 16.9. The van der Waals surface area contributed by atoms with Crippen LogP contribution in [0.4, 0.5) is 4.39 Å².